The van der Waals surface area contributed by atoms with Crippen LogP contribution >= 0.6 is 0 Å². The van der Waals surface area contributed by atoms with Gasteiger partial charge in [-0.2, -0.15) is 0 Å². The first-order valence-electron chi connectivity index (χ1n) is 9.24. The number of aromatic nitrogens is 1. The summed E-state index contributed by atoms with van der Waals surface area (Å²) in [6, 6.07) is 18.3. The second kappa shape index (κ2) is 7.66. The molecule has 4 rings (SSSR count). The number of hydrogen-bond acceptors (Lipinski definition) is 2. The molecule has 0 spiro atoms. The van der Waals surface area contributed by atoms with Gasteiger partial charge in [-0.3, -0.25) is 4.79 Å². The minimum absolute atomic E-state index is 0.0377. The molecule has 1 aliphatic rings. The van der Waals surface area contributed by atoms with E-state index in [0.29, 0.717) is 5.56 Å². The maximum absolute atomic E-state index is 13.1. The third-order valence-electron chi connectivity index (χ3n) is 5.03. The first-order valence-corrected chi connectivity index (χ1v) is 9.24. The van der Waals surface area contributed by atoms with E-state index in [1.165, 1.54) is 12.1 Å². The lowest BCUT2D eigenvalue weighted by atomic mass is 10.0. The largest absolute Gasteiger partial charge is 0.371 e. The Labute approximate surface area is 158 Å². The van der Waals surface area contributed by atoms with Crippen LogP contribution in [0.1, 0.15) is 23.2 Å². The van der Waals surface area contributed by atoms with Crippen LogP contribution in [0.15, 0.2) is 73.1 Å². The van der Waals surface area contributed by atoms with Gasteiger partial charge in [0.25, 0.3) is 5.91 Å². The van der Waals surface area contributed by atoms with Gasteiger partial charge in [0.05, 0.1) is 0 Å². The van der Waals surface area contributed by atoms with Gasteiger partial charge in [0.1, 0.15) is 5.82 Å². The second-order valence-corrected chi connectivity index (χ2v) is 6.85. The summed E-state index contributed by atoms with van der Waals surface area (Å²) in [5, 5.41) is 3.15. The summed E-state index contributed by atoms with van der Waals surface area (Å²) < 4.78 is 15.1. The lowest BCUT2D eigenvalue weighted by molar-refractivity contribution is 0.0931. The number of nitrogens with one attached hydrogen (secondary N) is 1. The molecule has 1 saturated heterocycles. The van der Waals surface area contributed by atoms with E-state index in [-0.39, 0.29) is 17.8 Å². The van der Waals surface area contributed by atoms with Gasteiger partial charge in [-0.1, -0.05) is 6.07 Å². The first-order chi connectivity index (χ1) is 13.2. The van der Waals surface area contributed by atoms with E-state index >= 15 is 0 Å². The van der Waals surface area contributed by atoms with Gasteiger partial charge in [0, 0.05) is 48.5 Å². The van der Waals surface area contributed by atoms with Crippen molar-refractivity contribution in [3.05, 3.63) is 84.4 Å². The zero-order valence-electron chi connectivity index (χ0n) is 15.0. The third kappa shape index (κ3) is 4.03. The van der Waals surface area contributed by atoms with E-state index in [9.17, 15) is 9.18 Å². The van der Waals surface area contributed by atoms with Crippen LogP contribution < -0.4 is 10.2 Å². The lowest BCUT2D eigenvalue weighted by Gasteiger charge is -2.34. The fourth-order valence-electron chi connectivity index (χ4n) is 3.52. The molecule has 27 heavy (non-hydrogen) atoms. The van der Waals surface area contributed by atoms with Gasteiger partial charge >= 0.3 is 0 Å². The second-order valence-electron chi connectivity index (χ2n) is 6.85. The molecule has 0 bridgehead atoms. The molecule has 1 aromatic heterocycles. The standard InChI is InChI=1S/C22H22FN3O/c23-18-6-8-20(9-7-18)26-14-10-19(11-15-26)24-22(27)17-4-3-5-21(16-17)25-12-1-2-13-25/h1-9,12-13,16,19H,10-11,14-15H2,(H,24,27). The highest BCUT2D eigenvalue weighted by molar-refractivity contribution is 5.95. The predicted octanol–water partition coefficient (Wildman–Crippen LogP) is 4.02. The minimum Gasteiger partial charge on any atom is -0.371 e. The predicted molar refractivity (Wildman–Crippen MR) is 105 cm³/mol. The van der Waals surface area contributed by atoms with E-state index in [1.807, 2.05) is 53.4 Å². The van der Waals surface area contributed by atoms with Crippen LogP contribution in [0.3, 0.4) is 0 Å². The zero-order valence-corrected chi connectivity index (χ0v) is 15.0. The molecule has 0 saturated carbocycles. The Morgan fingerprint density at radius 1 is 0.926 bits per heavy atom. The summed E-state index contributed by atoms with van der Waals surface area (Å²) in [5.41, 5.74) is 2.67. The molecule has 0 atom stereocenters. The van der Waals surface area contributed by atoms with Crippen LogP contribution in [0.25, 0.3) is 5.69 Å². The topological polar surface area (TPSA) is 37.3 Å². The molecule has 138 valence electrons. The average molecular weight is 363 g/mol. The van der Waals surface area contributed by atoms with E-state index in [2.05, 4.69) is 10.2 Å². The van der Waals surface area contributed by atoms with Crippen molar-refractivity contribution in [2.45, 2.75) is 18.9 Å². The summed E-state index contributed by atoms with van der Waals surface area (Å²) in [7, 11) is 0. The fraction of sp³-hybridized carbons (Fsp3) is 0.227. The summed E-state index contributed by atoms with van der Waals surface area (Å²) in [6.45, 7) is 1.69. The summed E-state index contributed by atoms with van der Waals surface area (Å²) in [4.78, 5) is 14.9. The van der Waals surface area contributed by atoms with Crippen molar-refractivity contribution in [1.82, 2.24) is 9.88 Å². The van der Waals surface area contributed by atoms with Crippen molar-refractivity contribution in [2.24, 2.45) is 0 Å². The molecule has 1 aliphatic heterocycles. The molecule has 1 N–H and O–H groups in total. The van der Waals surface area contributed by atoms with Crippen molar-refractivity contribution in [3.8, 4) is 5.69 Å². The summed E-state index contributed by atoms with van der Waals surface area (Å²) >= 11 is 0. The van der Waals surface area contributed by atoms with Gasteiger partial charge in [-0.15, -0.1) is 0 Å². The van der Waals surface area contributed by atoms with Crippen LogP contribution in [0, 0.1) is 5.82 Å². The number of carbonyl (C=O) groups is 1. The van der Waals surface area contributed by atoms with Gasteiger partial charge in [0.2, 0.25) is 0 Å². The smallest absolute Gasteiger partial charge is 0.251 e. The van der Waals surface area contributed by atoms with Gasteiger partial charge in [0.15, 0.2) is 0 Å². The molecular weight excluding hydrogens is 341 g/mol. The maximum atomic E-state index is 13.1. The van der Waals surface area contributed by atoms with Crippen molar-refractivity contribution >= 4 is 11.6 Å². The van der Waals surface area contributed by atoms with Crippen molar-refractivity contribution < 1.29 is 9.18 Å². The number of amides is 1. The summed E-state index contributed by atoms with van der Waals surface area (Å²) in [6.07, 6.45) is 5.67. The van der Waals surface area contributed by atoms with Crippen molar-refractivity contribution in [2.75, 3.05) is 18.0 Å². The summed E-state index contributed by atoms with van der Waals surface area (Å²) in [5.74, 6) is -0.257. The van der Waals surface area contributed by atoms with Crippen LogP contribution in [-0.2, 0) is 0 Å². The average Bonchev–Trinajstić information content (AvgIpc) is 3.24. The number of piperidine rings is 1. The number of benzene rings is 2. The molecule has 0 radical (unpaired) electrons. The number of halogens is 1. The molecule has 5 heteroatoms. The highest BCUT2D eigenvalue weighted by Gasteiger charge is 2.21. The SMILES string of the molecule is O=C(NC1CCN(c2ccc(F)cc2)CC1)c1cccc(-n2cccc2)c1. The van der Waals surface area contributed by atoms with Crippen LogP contribution in [0.4, 0.5) is 10.1 Å². The van der Waals surface area contributed by atoms with Crippen molar-refractivity contribution in [3.63, 3.8) is 0 Å². The zero-order chi connectivity index (χ0) is 18.6. The number of anilines is 1. The molecule has 1 fully saturated rings. The Morgan fingerprint density at radius 2 is 1.63 bits per heavy atom. The Kier molecular flexibility index (Phi) is 4.92. The van der Waals surface area contributed by atoms with Crippen molar-refractivity contribution in [1.29, 1.82) is 0 Å². The highest BCUT2D eigenvalue weighted by atomic mass is 19.1. The molecule has 1 amide bonds. The normalized spacial score (nSPS) is 14.9. The van der Waals surface area contributed by atoms with Crippen LogP contribution in [-0.4, -0.2) is 29.6 Å². The Hall–Kier alpha value is -3.08. The fourth-order valence-corrected chi connectivity index (χ4v) is 3.52. The Bertz CT molecular complexity index is 898. The molecule has 2 heterocycles. The maximum Gasteiger partial charge on any atom is 0.251 e. The van der Waals surface area contributed by atoms with Crippen LogP contribution in [0.2, 0.25) is 0 Å². The lowest BCUT2D eigenvalue weighted by Crippen LogP contribution is -2.44. The highest BCUT2D eigenvalue weighted by Crippen LogP contribution is 2.20. The number of nitrogens with zero attached hydrogens (tertiary/aromatic N) is 2. The van der Waals surface area contributed by atoms with Gasteiger partial charge < -0.3 is 14.8 Å². The molecule has 2 aromatic carbocycles. The van der Waals surface area contributed by atoms with E-state index in [0.717, 1.165) is 37.3 Å². The van der Waals surface area contributed by atoms with Gasteiger partial charge in [-0.05, 0) is 67.4 Å². The molecule has 4 nitrogen and oxygen atoms in total. The Balaban J connectivity index is 1.36. The van der Waals surface area contributed by atoms with E-state index in [1.54, 1.807) is 12.1 Å². The molecular formula is C22H22FN3O. The minimum atomic E-state index is -0.219. The monoisotopic (exact) mass is 363 g/mol. The number of rotatable bonds is 4. The molecule has 0 unspecified atom stereocenters. The molecule has 3 aromatic rings. The van der Waals surface area contributed by atoms with Gasteiger partial charge in [-0.25, -0.2) is 4.39 Å². The number of hydrogen-bond donors (Lipinski definition) is 1. The van der Waals surface area contributed by atoms with Crippen LogP contribution in [0.5, 0.6) is 0 Å². The molecule has 0 aliphatic carbocycles. The Morgan fingerprint density at radius 3 is 2.33 bits per heavy atom. The van der Waals surface area contributed by atoms with E-state index in [4.69, 9.17) is 0 Å². The van der Waals surface area contributed by atoms with E-state index < -0.39 is 0 Å². The third-order valence-corrected chi connectivity index (χ3v) is 5.03. The first kappa shape index (κ1) is 17.3. The quantitative estimate of drug-likeness (QED) is 0.760. The number of carbonyl (C=O) groups excluding carboxylic acids is 1.